The summed E-state index contributed by atoms with van der Waals surface area (Å²) >= 11 is 19.4. The third kappa shape index (κ3) is 8.63. The lowest BCUT2D eigenvalue weighted by Gasteiger charge is -2.26. The molecule has 2 N–H and O–H groups in total. The third-order valence-electron chi connectivity index (χ3n) is 7.16. The number of thioether (sulfide) groups is 1. The Kier molecular flexibility index (Phi) is 11.1. The van der Waals surface area contributed by atoms with E-state index in [0.717, 1.165) is 42.5 Å². The van der Waals surface area contributed by atoms with Crippen molar-refractivity contribution in [2.45, 2.75) is 6.42 Å². The van der Waals surface area contributed by atoms with Crippen molar-refractivity contribution in [3.63, 3.8) is 0 Å². The zero-order valence-corrected chi connectivity index (χ0v) is 27.1. The number of aromatic carboxylic acids is 1. The van der Waals surface area contributed by atoms with Crippen LogP contribution in [0.4, 0.5) is 5.69 Å². The number of carboxylic acids is 1. The van der Waals surface area contributed by atoms with Gasteiger partial charge in [0, 0.05) is 59.5 Å². The Hall–Kier alpha value is -3.45. The lowest BCUT2D eigenvalue weighted by Crippen LogP contribution is -2.38. The van der Waals surface area contributed by atoms with Gasteiger partial charge in [-0.1, -0.05) is 53.2 Å². The number of hydrogen-bond acceptors (Lipinski definition) is 8. The molecule has 2 amide bonds. The number of anilines is 1. The molecule has 9 nitrogen and oxygen atoms in total. The lowest BCUT2D eigenvalue weighted by atomic mass is 10.0. The van der Waals surface area contributed by atoms with Crippen LogP contribution in [0, 0.1) is 0 Å². The molecule has 0 atom stereocenters. The zero-order chi connectivity index (χ0) is 31.9. The Morgan fingerprint density at radius 1 is 1.04 bits per heavy atom. The maximum absolute atomic E-state index is 13.4. The second kappa shape index (κ2) is 15.2. The molecule has 5 rings (SSSR count). The first-order chi connectivity index (χ1) is 21.7. The fourth-order valence-electron chi connectivity index (χ4n) is 4.76. The van der Waals surface area contributed by atoms with Gasteiger partial charge in [0.25, 0.3) is 5.91 Å². The molecule has 3 aromatic rings. The number of hydrogen-bond donors (Lipinski definition) is 2. The first-order valence-corrected chi connectivity index (χ1v) is 16.1. The van der Waals surface area contributed by atoms with E-state index in [9.17, 15) is 14.4 Å². The van der Waals surface area contributed by atoms with Crippen LogP contribution in [0.3, 0.4) is 0 Å². The monoisotopic (exact) mass is 685 g/mol. The molecule has 0 aliphatic carbocycles. The minimum Gasteiger partial charge on any atom is -0.492 e. The highest BCUT2D eigenvalue weighted by molar-refractivity contribution is 8.26. The van der Waals surface area contributed by atoms with Crippen LogP contribution in [0.15, 0.2) is 65.6 Å². The summed E-state index contributed by atoms with van der Waals surface area (Å²) in [6, 6.07) is 16.7. The fourth-order valence-corrected chi connectivity index (χ4v) is 6.45. The van der Waals surface area contributed by atoms with E-state index in [2.05, 4.69) is 10.2 Å². The molecular formula is C32H29Cl2N3O6S2. The molecule has 0 saturated carbocycles. The number of carboxylic acid groups (broad SMARTS) is 1. The van der Waals surface area contributed by atoms with Crippen molar-refractivity contribution in [3.8, 4) is 16.9 Å². The summed E-state index contributed by atoms with van der Waals surface area (Å²) < 4.78 is 12.0. The normalized spacial score (nSPS) is 16.3. The highest BCUT2D eigenvalue weighted by Gasteiger charge is 2.32. The van der Waals surface area contributed by atoms with Crippen LogP contribution in [0.2, 0.25) is 10.0 Å². The minimum absolute atomic E-state index is 0.000939. The summed E-state index contributed by atoms with van der Waals surface area (Å²) in [6.07, 6.45) is 1.74. The predicted octanol–water partition coefficient (Wildman–Crippen LogP) is 6.30. The van der Waals surface area contributed by atoms with Crippen LogP contribution >= 0.6 is 47.2 Å². The zero-order valence-electron chi connectivity index (χ0n) is 24.0. The van der Waals surface area contributed by atoms with Gasteiger partial charge in [0.15, 0.2) is 0 Å². The highest BCUT2D eigenvalue weighted by atomic mass is 35.5. The molecule has 0 unspecified atom stereocenters. The van der Waals surface area contributed by atoms with Gasteiger partial charge >= 0.3 is 5.97 Å². The first-order valence-electron chi connectivity index (χ1n) is 14.1. The van der Waals surface area contributed by atoms with Crippen molar-refractivity contribution in [1.29, 1.82) is 0 Å². The van der Waals surface area contributed by atoms with Crippen molar-refractivity contribution in [1.82, 2.24) is 9.80 Å². The maximum atomic E-state index is 13.4. The molecule has 13 heteroatoms. The lowest BCUT2D eigenvalue weighted by molar-refractivity contribution is -0.122. The molecule has 0 aromatic heterocycles. The van der Waals surface area contributed by atoms with Crippen LogP contribution in [-0.2, 0) is 14.3 Å². The molecule has 234 valence electrons. The highest BCUT2D eigenvalue weighted by Crippen LogP contribution is 2.37. The number of benzene rings is 3. The largest absolute Gasteiger partial charge is 0.492 e. The van der Waals surface area contributed by atoms with E-state index >= 15 is 0 Å². The van der Waals surface area contributed by atoms with Gasteiger partial charge in [-0.25, -0.2) is 4.79 Å². The number of morpholine rings is 1. The van der Waals surface area contributed by atoms with Gasteiger partial charge in [-0.15, -0.1) is 0 Å². The van der Waals surface area contributed by atoms with Gasteiger partial charge in [0.2, 0.25) is 5.91 Å². The van der Waals surface area contributed by atoms with Crippen LogP contribution in [0.25, 0.3) is 17.2 Å². The third-order valence-corrected chi connectivity index (χ3v) is 9.10. The van der Waals surface area contributed by atoms with Gasteiger partial charge in [0.05, 0.1) is 23.7 Å². The predicted molar refractivity (Wildman–Crippen MR) is 181 cm³/mol. The summed E-state index contributed by atoms with van der Waals surface area (Å²) in [5.41, 5.74) is 2.79. The number of carbonyl (C=O) groups is 3. The van der Waals surface area contributed by atoms with Crippen molar-refractivity contribution in [3.05, 3.63) is 86.7 Å². The molecule has 45 heavy (non-hydrogen) atoms. The maximum Gasteiger partial charge on any atom is 0.335 e. The smallest absolute Gasteiger partial charge is 0.335 e. The molecule has 0 spiro atoms. The number of nitrogens with one attached hydrogen (secondary N) is 1. The molecule has 0 bridgehead atoms. The van der Waals surface area contributed by atoms with Crippen LogP contribution in [0.5, 0.6) is 5.75 Å². The van der Waals surface area contributed by atoms with Crippen molar-refractivity contribution in [2.24, 2.45) is 0 Å². The topological polar surface area (TPSA) is 108 Å². The number of halogens is 2. The van der Waals surface area contributed by atoms with Gasteiger partial charge in [0.1, 0.15) is 16.7 Å². The number of nitrogens with zero attached hydrogens (tertiary/aromatic N) is 2. The van der Waals surface area contributed by atoms with E-state index in [1.165, 1.54) is 29.2 Å². The summed E-state index contributed by atoms with van der Waals surface area (Å²) in [5.74, 6) is -1.10. The van der Waals surface area contributed by atoms with Crippen LogP contribution in [-0.4, -0.2) is 83.0 Å². The average molecular weight is 687 g/mol. The van der Waals surface area contributed by atoms with Gasteiger partial charge in [-0.05, 0) is 66.2 Å². The molecule has 0 radical (unpaired) electrons. The van der Waals surface area contributed by atoms with Crippen molar-refractivity contribution >= 4 is 81.0 Å². The van der Waals surface area contributed by atoms with Crippen LogP contribution < -0.4 is 10.1 Å². The second-order valence-electron chi connectivity index (χ2n) is 10.2. The Bertz CT molecular complexity index is 1640. The van der Waals surface area contributed by atoms with Gasteiger partial charge in [-0.3, -0.25) is 19.4 Å². The summed E-state index contributed by atoms with van der Waals surface area (Å²) in [6.45, 7) is 4.36. The molecular weight excluding hydrogens is 657 g/mol. The minimum atomic E-state index is -1.05. The molecule has 2 saturated heterocycles. The molecule has 2 aliphatic rings. The van der Waals surface area contributed by atoms with Gasteiger partial charge in [-0.2, -0.15) is 0 Å². The number of ether oxygens (including phenoxy) is 2. The van der Waals surface area contributed by atoms with E-state index in [1.54, 1.807) is 24.3 Å². The number of rotatable bonds is 11. The standard InChI is InChI=1S/C32H29Cl2N3O6S2/c33-23-4-7-26(34)25(19-23)21-3-8-27(43-16-13-36-11-14-42-15-12-36)22(17-21)18-28-30(39)37(32(44)45-28)10-9-29(38)35-24-5-1-20(2-6-24)31(40)41/h1-8,17-19H,9-16H2,(H,35,38)(H,40,41)/b28-18-. The number of thiocarbonyl (C=S) groups is 1. The Labute approximate surface area is 280 Å². The van der Waals surface area contributed by atoms with Crippen molar-refractivity contribution < 1.29 is 29.0 Å². The quantitative estimate of drug-likeness (QED) is 0.178. The SMILES string of the molecule is O=C(CCN1C(=O)/C(=C/c2cc(-c3cc(Cl)ccc3Cl)ccc2OCCN2CCOCC2)SC1=S)Nc1ccc(C(=O)O)cc1. The fraction of sp³-hybridized carbons (Fsp3) is 0.250. The average Bonchev–Trinajstić information content (AvgIpc) is 3.29. The van der Waals surface area contributed by atoms with E-state index < -0.39 is 5.97 Å². The summed E-state index contributed by atoms with van der Waals surface area (Å²) in [5, 5.41) is 12.8. The molecule has 2 aliphatic heterocycles. The number of amides is 2. The van der Waals surface area contributed by atoms with E-state index in [0.29, 0.717) is 56.1 Å². The Morgan fingerprint density at radius 2 is 1.80 bits per heavy atom. The molecule has 2 heterocycles. The Balaban J connectivity index is 1.31. The van der Waals surface area contributed by atoms with Crippen LogP contribution in [0.1, 0.15) is 22.3 Å². The van der Waals surface area contributed by atoms with Crippen molar-refractivity contribution in [2.75, 3.05) is 51.3 Å². The number of carbonyl (C=O) groups excluding carboxylic acids is 2. The van der Waals surface area contributed by atoms with E-state index in [-0.39, 0.29) is 30.3 Å². The van der Waals surface area contributed by atoms with E-state index in [4.69, 9.17) is 50.0 Å². The second-order valence-corrected chi connectivity index (χ2v) is 12.7. The molecule has 3 aromatic carbocycles. The molecule has 2 fully saturated rings. The summed E-state index contributed by atoms with van der Waals surface area (Å²) in [4.78, 5) is 41.1. The first kappa shape index (κ1) is 32.9. The summed E-state index contributed by atoms with van der Waals surface area (Å²) in [7, 11) is 0. The van der Waals surface area contributed by atoms with Gasteiger partial charge < -0.3 is 19.9 Å². The Morgan fingerprint density at radius 3 is 2.53 bits per heavy atom. The van der Waals surface area contributed by atoms with E-state index in [1.807, 2.05) is 18.2 Å².